The molecular weight excluding hydrogens is 396 g/mol. The van der Waals surface area contributed by atoms with Crippen LogP contribution >= 0.6 is 0 Å². The molecule has 0 heterocycles. The molecule has 32 heavy (non-hydrogen) atoms. The van der Waals surface area contributed by atoms with Crippen LogP contribution in [0.3, 0.4) is 0 Å². The summed E-state index contributed by atoms with van der Waals surface area (Å²) in [5.74, 6) is 0. The third kappa shape index (κ3) is 5.64. The van der Waals surface area contributed by atoms with Crippen molar-refractivity contribution in [3.05, 3.63) is 101 Å². The molecule has 0 aliphatic heterocycles. The highest BCUT2D eigenvalue weighted by atomic mass is 16.6. The fourth-order valence-corrected chi connectivity index (χ4v) is 4.03. The summed E-state index contributed by atoms with van der Waals surface area (Å²) in [6.45, 7) is 5.64. The monoisotopic (exact) mass is 426 g/mol. The molecule has 1 aliphatic rings. The lowest BCUT2D eigenvalue weighted by Gasteiger charge is -2.27. The van der Waals surface area contributed by atoms with Gasteiger partial charge in [0, 0.05) is 17.2 Å². The third-order valence-electron chi connectivity index (χ3n) is 5.47. The van der Waals surface area contributed by atoms with Gasteiger partial charge in [-0.05, 0) is 63.3 Å². The van der Waals surface area contributed by atoms with E-state index in [0.29, 0.717) is 0 Å². The molecule has 164 valence electrons. The van der Waals surface area contributed by atoms with Gasteiger partial charge in [0.15, 0.2) is 0 Å². The quantitative estimate of drug-likeness (QED) is 0.502. The van der Waals surface area contributed by atoms with Crippen LogP contribution in [0, 0.1) is 0 Å². The van der Waals surface area contributed by atoms with Gasteiger partial charge in [0.2, 0.25) is 0 Å². The maximum Gasteiger partial charge on any atom is 0.407 e. The highest BCUT2D eigenvalue weighted by Crippen LogP contribution is 2.27. The Hall–Kier alpha value is -3.40. The molecule has 0 aromatic heterocycles. The van der Waals surface area contributed by atoms with Gasteiger partial charge in [0.1, 0.15) is 5.60 Å². The summed E-state index contributed by atoms with van der Waals surface area (Å²) in [7, 11) is 0. The number of amides is 1. The second-order valence-electron chi connectivity index (χ2n) is 9.23. The maximum atomic E-state index is 12.1. The molecule has 0 saturated heterocycles. The van der Waals surface area contributed by atoms with Crippen molar-refractivity contribution in [3.63, 3.8) is 0 Å². The minimum absolute atomic E-state index is 0.0934. The van der Waals surface area contributed by atoms with E-state index in [2.05, 4.69) is 47.8 Å². The zero-order chi connectivity index (χ0) is 22.6. The fourth-order valence-electron chi connectivity index (χ4n) is 4.03. The summed E-state index contributed by atoms with van der Waals surface area (Å²) in [5.41, 5.74) is 6.18. The summed E-state index contributed by atoms with van der Waals surface area (Å²) < 4.78 is 5.41. The second kappa shape index (κ2) is 9.39. The van der Waals surface area contributed by atoms with Crippen molar-refractivity contribution in [2.24, 2.45) is 4.99 Å². The summed E-state index contributed by atoms with van der Waals surface area (Å²) >= 11 is 0. The molecule has 4 nitrogen and oxygen atoms in total. The van der Waals surface area contributed by atoms with Crippen LogP contribution in [0.5, 0.6) is 0 Å². The SMILES string of the molecule is CC(C)(C)OC(=O)NC1CCc2cc(N=C(c3ccccc3)c3ccccc3)ccc2C1. The van der Waals surface area contributed by atoms with Crippen LogP contribution in [0.4, 0.5) is 10.5 Å². The Labute approximate surface area is 190 Å². The van der Waals surface area contributed by atoms with Gasteiger partial charge in [0.25, 0.3) is 0 Å². The van der Waals surface area contributed by atoms with Crippen molar-refractivity contribution in [1.29, 1.82) is 0 Å². The van der Waals surface area contributed by atoms with Crippen LogP contribution in [0.2, 0.25) is 0 Å². The van der Waals surface area contributed by atoms with Crippen molar-refractivity contribution < 1.29 is 9.53 Å². The van der Waals surface area contributed by atoms with E-state index in [4.69, 9.17) is 9.73 Å². The minimum Gasteiger partial charge on any atom is -0.444 e. The molecule has 3 aromatic rings. The second-order valence-corrected chi connectivity index (χ2v) is 9.23. The predicted molar refractivity (Wildman–Crippen MR) is 130 cm³/mol. The first-order chi connectivity index (χ1) is 15.4. The molecule has 1 N–H and O–H groups in total. The summed E-state index contributed by atoms with van der Waals surface area (Å²) in [4.78, 5) is 17.2. The topological polar surface area (TPSA) is 50.7 Å². The van der Waals surface area contributed by atoms with E-state index in [9.17, 15) is 4.79 Å². The highest BCUT2D eigenvalue weighted by Gasteiger charge is 2.23. The molecule has 1 unspecified atom stereocenters. The number of rotatable bonds is 4. The zero-order valence-corrected chi connectivity index (χ0v) is 19.0. The normalized spacial score (nSPS) is 15.4. The standard InChI is InChI=1S/C28H30N2O2/c1-28(2,3)32-27(31)30-25-17-15-22-18-24(16-14-23(22)19-25)29-26(20-10-6-4-7-11-20)21-12-8-5-9-13-21/h4-14,16,18,25H,15,17,19H2,1-3H3,(H,30,31). The lowest BCUT2D eigenvalue weighted by atomic mass is 9.88. The van der Waals surface area contributed by atoms with Gasteiger partial charge < -0.3 is 10.1 Å². The Morgan fingerprint density at radius 3 is 2.12 bits per heavy atom. The average Bonchev–Trinajstić information content (AvgIpc) is 2.77. The van der Waals surface area contributed by atoms with Gasteiger partial charge in [0.05, 0.1) is 11.4 Å². The van der Waals surface area contributed by atoms with Crippen molar-refractivity contribution in [2.45, 2.75) is 51.7 Å². The molecular formula is C28H30N2O2. The van der Waals surface area contributed by atoms with Crippen molar-refractivity contribution in [3.8, 4) is 0 Å². The van der Waals surface area contributed by atoms with Crippen LogP contribution in [0.1, 0.15) is 49.4 Å². The first-order valence-electron chi connectivity index (χ1n) is 11.2. The van der Waals surface area contributed by atoms with Gasteiger partial charge in [-0.3, -0.25) is 0 Å². The first-order valence-corrected chi connectivity index (χ1v) is 11.2. The first kappa shape index (κ1) is 21.8. The van der Waals surface area contributed by atoms with E-state index in [1.807, 2.05) is 57.2 Å². The number of carbonyl (C=O) groups is 1. The number of carbonyl (C=O) groups excluding carboxylic acids is 1. The van der Waals surface area contributed by atoms with Crippen molar-refractivity contribution in [2.75, 3.05) is 0 Å². The maximum absolute atomic E-state index is 12.1. The number of ether oxygens (including phenoxy) is 1. The molecule has 0 fully saturated rings. The van der Waals surface area contributed by atoms with E-state index in [0.717, 1.165) is 41.8 Å². The predicted octanol–water partition coefficient (Wildman–Crippen LogP) is 6.24. The Kier molecular flexibility index (Phi) is 6.40. The fraction of sp³-hybridized carbons (Fsp3) is 0.286. The average molecular weight is 427 g/mol. The van der Waals surface area contributed by atoms with Crippen molar-refractivity contribution >= 4 is 17.5 Å². The molecule has 1 atom stereocenters. The Morgan fingerprint density at radius 1 is 0.906 bits per heavy atom. The van der Waals surface area contributed by atoms with Gasteiger partial charge >= 0.3 is 6.09 Å². The molecule has 0 radical (unpaired) electrons. The number of hydrogen-bond acceptors (Lipinski definition) is 3. The summed E-state index contributed by atoms with van der Waals surface area (Å²) in [5, 5.41) is 3.02. The molecule has 1 aliphatic carbocycles. The minimum atomic E-state index is -0.487. The van der Waals surface area contributed by atoms with Crippen LogP contribution < -0.4 is 5.32 Å². The van der Waals surface area contributed by atoms with E-state index in [1.165, 1.54) is 11.1 Å². The molecule has 4 heteroatoms. The number of aryl methyl sites for hydroxylation is 1. The van der Waals surface area contributed by atoms with Gasteiger partial charge in [-0.15, -0.1) is 0 Å². The molecule has 0 spiro atoms. The number of hydrogen-bond donors (Lipinski definition) is 1. The van der Waals surface area contributed by atoms with E-state index >= 15 is 0 Å². The van der Waals surface area contributed by atoms with Gasteiger partial charge in [-0.2, -0.15) is 0 Å². The third-order valence-corrected chi connectivity index (χ3v) is 5.47. The summed E-state index contributed by atoms with van der Waals surface area (Å²) in [6.07, 6.45) is 2.26. The number of aliphatic imine (C=N–C) groups is 1. The smallest absolute Gasteiger partial charge is 0.407 e. The number of alkyl carbamates (subject to hydrolysis) is 1. The number of nitrogens with one attached hydrogen (secondary N) is 1. The lowest BCUT2D eigenvalue weighted by Crippen LogP contribution is -2.41. The van der Waals surface area contributed by atoms with Crippen molar-refractivity contribution in [1.82, 2.24) is 5.32 Å². The summed E-state index contributed by atoms with van der Waals surface area (Å²) in [6, 6.07) is 27.1. The van der Waals surface area contributed by atoms with Crippen LogP contribution in [-0.4, -0.2) is 23.4 Å². The Morgan fingerprint density at radius 2 is 1.53 bits per heavy atom. The highest BCUT2D eigenvalue weighted by molar-refractivity contribution is 6.13. The number of fused-ring (bicyclic) bond motifs is 1. The largest absolute Gasteiger partial charge is 0.444 e. The van der Waals surface area contributed by atoms with E-state index in [1.54, 1.807) is 0 Å². The number of benzene rings is 3. The molecule has 0 saturated carbocycles. The lowest BCUT2D eigenvalue weighted by molar-refractivity contribution is 0.0500. The van der Waals surface area contributed by atoms with Crippen LogP contribution in [0.15, 0.2) is 83.9 Å². The molecule has 0 bridgehead atoms. The van der Waals surface area contributed by atoms with E-state index < -0.39 is 5.60 Å². The van der Waals surface area contributed by atoms with E-state index in [-0.39, 0.29) is 12.1 Å². The Bertz CT molecular complexity index is 1060. The molecule has 1 amide bonds. The molecule has 4 rings (SSSR count). The Balaban J connectivity index is 1.55. The molecule has 3 aromatic carbocycles. The van der Waals surface area contributed by atoms with Crippen LogP contribution in [-0.2, 0) is 17.6 Å². The van der Waals surface area contributed by atoms with Gasteiger partial charge in [-0.25, -0.2) is 9.79 Å². The number of nitrogens with zero attached hydrogens (tertiary/aromatic N) is 1. The van der Waals surface area contributed by atoms with Crippen LogP contribution in [0.25, 0.3) is 0 Å². The van der Waals surface area contributed by atoms with Gasteiger partial charge in [-0.1, -0.05) is 66.7 Å². The zero-order valence-electron chi connectivity index (χ0n) is 19.0.